The highest BCUT2D eigenvalue weighted by molar-refractivity contribution is 6.32. The van der Waals surface area contributed by atoms with Gasteiger partial charge >= 0.3 is 0 Å². The fourth-order valence-corrected chi connectivity index (χ4v) is 3.63. The van der Waals surface area contributed by atoms with Gasteiger partial charge in [0.15, 0.2) is 0 Å². The van der Waals surface area contributed by atoms with E-state index in [-0.39, 0.29) is 12.1 Å². The average Bonchev–Trinajstić information content (AvgIpc) is 3.37. The number of halogens is 1. The molecule has 28 heavy (non-hydrogen) atoms. The molecule has 1 atom stereocenters. The highest BCUT2D eigenvalue weighted by atomic mass is 35.5. The molecule has 0 radical (unpaired) electrons. The van der Waals surface area contributed by atoms with Gasteiger partial charge in [0.2, 0.25) is 11.8 Å². The average molecular weight is 398 g/mol. The van der Waals surface area contributed by atoms with Gasteiger partial charge in [-0.25, -0.2) is 0 Å². The van der Waals surface area contributed by atoms with E-state index in [4.69, 9.17) is 20.8 Å². The number of aromatic nitrogens is 2. The molecule has 1 saturated carbocycles. The van der Waals surface area contributed by atoms with Crippen molar-refractivity contribution in [3.05, 3.63) is 58.9 Å². The second-order valence-corrected chi connectivity index (χ2v) is 7.75. The molecule has 0 unspecified atom stereocenters. The molecular formula is C22H24ClN3O2. The summed E-state index contributed by atoms with van der Waals surface area (Å²) in [5.41, 5.74) is 2.98. The van der Waals surface area contributed by atoms with E-state index in [1.807, 2.05) is 56.3 Å². The van der Waals surface area contributed by atoms with Crippen LogP contribution in [0.15, 0.2) is 46.9 Å². The molecule has 0 amide bonds. The topological polar surface area (TPSA) is 60.2 Å². The summed E-state index contributed by atoms with van der Waals surface area (Å²) in [5.74, 6) is 1.78. The van der Waals surface area contributed by atoms with Gasteiger partial charge in [-0.3, -0.25) is 0 Å². The lowest BCUT2D eigenvalue weighted by Gasteiger charge is -2.16. The summed E-state index contributed by atoms with van der Waals surface area (Å²) in [4.78, 5) is 0. The van der Waals surface area contributed by atoms with E-state index < -0.39 is 0 Å². The molecule has 1 aliphatic rings. The summed E-state index contributed by atoms with van der Waals surface area (Å²) in [6.07, 6.45) is 4.96. The monoisotopic (exact) mass is 397 g/mol. The van der Waals surface area contributed by atoms with Gasteiger partial charge in [-0.15, -0.1) is 10.2 Å². The fraction of sp³-hybridized carbons (Fsp3) is 0.364. The Hall–Kier alpha value is -2.53. The number of benzene rings is 2. The molecule has 6 heteroatoms. The molecule has 0 aliphatic heterocycles. The Morgan fingerprint density at radius 2 is 1.86 bits per heavy atom. The van der Waals surface area contributed by atoms with Crippen molar-refractivity contribution in [1.82, 2.24) is 10.2 Å². The second kappa shape index (κ2) is 8.23. The molecular weight excluding hydrogens is 374 g/mol. The predicted molar refractivity (Wildman–Crippen MR) is 111 cm³/mol. The van der Waals surface area contributed by atoms with Crippen LogP contribution >= 0.6 is 11.6 Å². The molecule has 1 N–H and O–H groups in total. The van der Waals surface area contributed by atoms with Crippen LogP contribution in [0.2, 0.25) is 5.02 Å². The zero-order valence-electron chi connectivity index (χ0n) is 16.1. The highest BCUT2D eigenvalue weighted by Crippen LogP contribution is 2.33. The van der Waals surface area contributed by atoms with Crippen LogP contribution < -0.4 is 10.1 Å². The van der Waals surface area contributed by atoms with E-state index in [2.05, 4.69) is 15.5 Å². The lowest BCUT2D eigenvalue weighted by atomic mass is 10.1. The van der Waals surface area contributed by atoms with Crippen LogP contribution in [0.4, 0.5) is 5.69 Å². The van der Waals surface area contributed by atoms with Crippen LogP contribution in [-0.4, -0.2) is 16.3 Å². The van der Waals surface area contributed by atoms with Gasteiger partial charge in [-0.1, -0.05) is 29.3 Å². The first-order valence-corrected chi connectivity index (χ1v) is 10.1. The second-order valence-electron chi connectivity index (χ2n) is 7.35. The zero-order chi connectivity index (χ0) is 19.5. The van der Waals surface area contributed by atoms with Crippen molar-refractivity contribution in [2.45, 2.75) is 51.7 Å². The van der Waals surface area contributed by atoms with Crippen molar-refractivity contribution in [3.63, 3.8) is 0 Å². The van der Waals surface area contributed by atoms with Gasteiger partial charge in [0.25, 0.3) is 0 Å². The Bertz CT molecular complexity index is 933. The van der Waals surface area contributed by atoms with E-state index in [1.165, 1.54) is 18.4 Å². The first kappa shape index (κ1) is 18.8. The summed E-state index contributed by atoms with van der Waals surface area (Å²) < 4.78 is 11.9. The van der Waals surface area contributed by atoms with Crippen LogP contribution in [0.5, 0.6) is 5.75 Å². The first-order chi connectivity index (χ1) is 13.6. The van der Waals surface area contributed by atoms with Gasteiger partial charge < -0.3 is 14.5 Å². The minimum Gasteiger partial charge on any atom is -0.489 e. The van der Waals surface area contributed by atoms with Crippen molar-refractivity contribution in [1.29, 1.82) is 0 Å². The summed E-state index contributed by atoms with van der Waals surface area (Å²) in [6.45, 7) is 4.02. The molecule has 1 aliphatic carbocycles. The quantitative estimate of drug-likeness (QED) is 0.537. The van der Waals surface area contributed by atoms with Crippen molar-refractivity contribution in [2.24, 2.45) is 0 Å². The Morgan fingerprint density at radius 1 is 1.11 bits per heavy atom. The van der Waals surface area contributed by atoms with Crippen molar-refractivity contribution in [2.75, 3.05) is 5.32 Å². The number of nitrogens with one attached hydrogen (secondary N) is 1. The summed E-state index contributed by atoms with van der Waals surface area (Å²) in [6, 6.07) is 13.6. The lowest BCUT2D eigenvalue weighted by Crippen LogP contribution is -2.11. The number of ether oxygens (including phenoxy) is 1. The summed E-state index contributed by atoms with van der Waals surface area (Å²) in [7, 11) is 0. The van der Waals surface area contributed by atoms with Gasteiger partial charge in [-0.2, -0.15) is 0 Å². The third-order valence-corrected chi connectivity index (χ3v) is 5.32. The molecule has 2 aromatic carbocycles. The molecule has 0 bridgehead atoms. The maximum atomic E-state index is 6.42. The molecule has 3 aromatic rings. The van der Waals surface area contributed by atoms with E-state index in [1.54, 1.807) is 0 Å². The molecule has 0 saturated heterocycles. The third kappa shape index (κ3) is 4.30. The fourth-order valence-electron chi connectivity index (χ4n) is 3.41. The molecule has 1 fully saturated rings. The van der Waals surface area contributed by atoms with Gasteiger partial charge in [0, 0.05) is 11.3 Å². The molecule has 0 spiro atoms. The summed E-state index contributed by atoms with van der Waals surface area (Å²) >= 11 is 6.42. The number of anilines is 1. The minimum atomic E-state index is -0.149. The number of aryl methyl sites for hydroxylation is 1. The Kier molecular flexibility index (Phi) is 5.53. The first-order valence-electron chi connectivity index (χ1n) is 9.71. The normalized spacial score (nSPS) is 15.5. The Labute approximate surface area is 170 Å². The van der Waals surface area contributed by atoms with Crippen LogP contribution in [-0.2, 0) is 0 Å². The molecule has 4 rings (SSSR count). The van der Waals surface area contributed by atoms with Gasteiger partial charge in [0.05, 0.1) is 11.1 Å². The van der Waals surface area contributed by atoms with Crippen LogP contribution in [0, 0.1) is 6.92 Å². The van der Waals surface area contributed by atoms with Gasteiger partial charge in [0.1, 0.15) is 11.8 Å². The number of nitrogens with zero attached hydrogens (tertiary/aromatic N) is 2. The van der Waals surface area contributed by atoms with Crippen molar-refractivity contribution >= 4 is 17.3 Å². The maximum Gasteiger partial charge on any atom is 0.247 e. The van der Waals surface area contributed by atoms with E-state index in [0.29, 0.717) is 16.8 Å². The highest BCUT2D eigenvalue weighted by Gasteiger charge is 2.19. The van der Waals surface area contributed by atoms with Crippen LogP contribution in [0.25, 0.3) is 11.5 Å². The maximum absolute atomic E-state index is 6.42. The SMILES string of the molecule is Cc1ccc(-c2nnc([C@@H](C)Nc3ccc(OC4CCCC4)c(Cl)c3)o2)cc1. The molecule has 1 aromatic heterocycles. The van der Waals surface area contributed by atoms with Crippen LogP contribution in [0.1, 0.15) is 50.1 Å². The Balaban J connectivity index is 1.42. The van der Waals surface area contributed by atoms with E-state index in [0.717, 1.165) is 29.8 Å². The third-order valence-electron chi connectivity index (χ3n) is 5.02. The lowest BCUT2D eigenvalue weighted by molar-refractivity contribution is 0.210. The van der Waals surface area contributed by atoms with Gasteiger partial charge in [-0.05, 0) is 69.9 Å². The number of rotatable bonds is 6. The van der Waals surface area contributed by atoms with E-state index in [9.17, 15) is 0 Å². The standard InChI is InChI=1S/C22H24ClN3O2/c1-14-7-9-16(10-8-14)22-26-25-21(28-22)15(2)24-17-11-12-20(19(23)13-17)27-18-5-3-4-6-18/h7-13,15,18,24H,3-6H2,1-2H3/t15-/m1/s1. The zero-order valence-corrected chi connectivity index (χ0v) is 16.9. The summed E-state index contributed by atoms with van der Waals surface area (Å²) in [5, 5.41) is 12.3. The predicted octanol–water partition coefficient (Wildman–Crippen LogP) is 6.19. The number of hydrogen-bond acceptors (Lipinski definition) is 5. The minimum absolute atomic E-state index is 0.149. The van der Waals surface area contributed by atoms with Crippen LogP contribution in [0.3, 0.4) is 0 Å². The largest absolute Gasteiger partial charge is 0.489 e. The number of hydrogen-bond donors (Lipinski definition) is 1. The van der Waals surface area contributed by atoms with Crippen molar-refractivity contribution < 1.29 is 9.15 Å². The Morgan fingerprint density at radius 3 is 2.57 bits per heavy atom. The van der Waals surface area contributed by atoms with Crippen molar-refractivity contribution in [3.8, 4) is 17.2 Å². The molecule has 5 nitrogen and oxygen atoms in total. The molecule has 1 heterocycles. The van der Waals surface area contributed by atoms with E-state index >= 15 is 0 Å². The smallest absolute Gasteiger partial charge is 0.247 e. The molecule has 146 valence electrons.